The van der Waals surface area contributed by atoms with E-state index >= 15 is 0 Å². The fourth-order valence-corrected chi connectivity index (χ4v) is 3.31. The number of benzene rings is 2. The van der Waals surface area contributed by atoms with Crippen molar-refractivity contribution in [2.45, 2.75) is 19.9 Å². The maximum atomic E-state index is 13.0. The molecule has 0 spiro atoms. The van der Waals surface area contributed by atoms with Gasteiger partial charge in [0, 0.05) is 11.6 Å². The zero-order valence-electron chi connectivity index (χ0n) is 14.4. The summed E-state index contributed by atoms with van der Waals surface area (Å²) >= 11 is 0. The van der Waals surface area contributed by atoms with Crippen LogP contribution in [0.4, 0.5) is 0 Å². The van der Waals surface area contributed by atoms with Gasteiger partial charge in [0.2, 0.25) is 6.79 Å². The molecule has 1 aromatic heterocycles. The van der Waals surface area contributed by atoms with Crippen LogP contribution < -0.4 is 19.7 Å². The lowest BCUT2D eigenvalue weighted by atomic mass is 10.0. The van der Waals surface area contributed by atoms with E-state index in [4.69, 9.17) is 9.47 Å². The molecule has 1 aliphatic heterocycles. The van der Waals surface area contributed by atoms with E-state index in [2.05, 4.69) is 0 Å². The van der Waals surface area contributed by atoms with E-state index in [1.807, 2.05) is 63.4 Å². The Morgan fingerprint density at radius 2 is 1.72 bits per heavy atom. The summed E-state index contributed by atoms with van der Waals surface area (Å²) in [5.41, 5.74) is 2.69. The van der Waals surface area contributed by atoms with E-state index in [0.29, 0.717) is 11.5 Å². The molecule has 0 atom stereocenters. The Balaban J connectivity index is 0.00000182. The minimum atomic E-state index is -0.0461. The lowest BCUT2D eigenvalue weighted by Crippen LogP contribution is -2.53. The summed E-state index contributed by atoms with van der Waals surface area (Å²) in [5, 5.41) is 0.973. The van der Waals surface area contributed by atoms with Crippen LogP contribution in [-0.4, -0.2) is 11.4 Å². The second-order valence-electron chi connectivity index (χ2n) is 6.24. The molecule has 25 heavy (non-hydrogen) atoms. The second kappa shape index (κ2) is 6.67. The Hall–Kier alpha value is -2.09. The van der Waals surface area contributed by atoms with E-state index in [-0.39, 0.29) is 42.5 Å². The monoisotopic (exact) mass is 451 g/mol. The molecule has 0 unspecified atom stereocenters. The molecular weight excluding hydrogens is 431 g/mol. The fraction of sp³-hybridized carbons (Fsp3) is 0.263. The molecule has 1 aliphatic rings. The Labute approximate surface area is 162 Å². The standard InChI is InChI=1S/C19H19N2O3.HI/c1-12(2)21-15-10-17-16(23-11-24-17)9-14(15)18(20(3)19(21)22)13-7-5-4-6-8-13;/h4-10,12H,11H2,1-3H3;1H/q+1;. The van der Waals surface area contributed by atoms with Crippen LogP contribution in [0.3, 0.4) is 0 Å². The van der Waals surface area contributed by atoms with E-state index in [1.165, 1.54) is 0 Å². The molecule has 130 valence electrons. The maximum Gasteiger partial charge on any atom is 0.498 e. The molecule has 0 fully saturated rings. The number of nitrogens with zero attached hydrogens (tertiary/aromatic N) is 2. The van der Waals surface area contributed by atoms with Crippen LogP contribution >= 0.6 is 24.0 Å². The second-order valence-corrected chi connectivity index (χ2v) is 6.24. The molecule has 4 rings (SSSR count). The molecule has 2 aromatic carbocycles. The highest BCUT2D eigenvalue weighted by Crippen LogP contribution is 2.38. The average molecular weight is 451 g/mol. The van der Waals surface area contributed by atoms with Gasteiger partial charge in [0.25, 0.3) is 0 Å². The number of hydrogen-bond donors (Lipinski definition) is 0. The van der Waals surface area contributed by atoms with Crippen LogP contribution in [0, 0.1) is 0 Å². The average Bonchev–Trinajstić information content (AvgIpc) is 3.02. The SMILES string of the molecule is CC(C)n1c(=O)[n+](C)c(-c2ccccc2)c2cc3c(cc21)OCO3.I. The number of hydrogen-bond acceptors (Lipinski definition) is 3. The van der Waals surface area contributed by atoms with Crippen LogP contribution in [0.25, 0.3) is 22.2 Å². The summed E-state index contributed by atoms with van der Waals surface area (Å²) in [7, 11) is 1.81. The topological polar surface area (TPSA) is 44.3 Å². The highest BCUT2D eigenvalue weighted by molar-refractivity contribution is 14.0. The third kappa shape index (κ3) is 2.78. The molecule has 0 amide bonds. The fourth-order valence-electron chi connectivity index (χ4n) is 3.31. The van der Waals surface area contributed by atoms with Gasteiger partial charge in [0.05, 0.1) is 18.5 Å². The first-order valence-electron chi connectivity index (χ1n) is 8.01. The maximum absolute atomic E-state index is 13.0. The number of ether oxygens (including phenoxy) is 2. The molecular formula is C19H20IN2O3+. The predicted molar refractivity (Wildman–Crippen MR) is 107 cm³/mol. The smallest absolute Gasteiger partial charge is 0.454 e. The van der Waals surface area contributed by atoms with Crippen LogP contribution in [0.1, 0.15) is 19.9 Å². The van der Waals surface area contributed by atoms with Gasteiger partial charge in [-0.25, -0.2) is 0 Å². The lowest BCUT2D eigenvalue weighted by molar-refractivity contribution is -0.678. The normalized spacial score (nSPS) is 12.5. The van der Waals surface area contributed by atoms with Crippen molar-refractivity contribution >= 4 is 34.9 Å². The van der Waals surface area contributed by atoms with Crippen molar-refractivity contribution < 1.29 is 14.0 Å². The van der Waals surface area contributed by atoms with Gasteiger partial charge in [-0.3, -0.25) is 0 Å². The Kier molecular flexibility index (Phi) is 4.73. The van der Waals surface area contributed by atoms with Gasteiger partial charge in [-0.2, -0.15) is 13.9 Å². The first-order chi connectivity index (χ1) is 11.6. The number of rotatable bonds is 2. The molecule has 2 heterocycles. The van der Waals surface area contributed by atoms with Gasteiger partial charge in [0.15, 0.2) is 11.5 Å². The molecule has 0 saturated heterocycles. The summed E-state index contributed by atoms with van der Waals surface area (Å²) < 4.78 is 14.6. The van der Waals surface area contributed by atoms with E-state index < -0.39 is 0 Å². The Morgan fingerprint density at radius 3 is 2.36 bits per heavy atom. The van der Waals surface area contributed by atoms with Crippen molar-refractivity contribution in [1.29, 1.82) is 0 Å². The number of aromatic nitrogens is 2. The predicted octanol–water partition coefficient (Wildman–Crippen LogP) is 3.42. The summed E-state index contributed by atoms with van der Waals surface area (Å²) in [6, 6.07) is 13.9. The van der Waals surface area contributed by atoms with Crippen LogP contribution in [0.2, 0.25) is 0 Å². The lowest BCUT2D eigenvalue weighted by Gasteiger charge is -2.13. The van der Waals surface area contributed by atoms with Gasteiger partial charge < -0.3 is 9.47 Å². The van der Waals surface area contributed by atoms with Gasteiger partial charge >= 0.3 is 5.69 Å². The quantitative estimate of drug-likeness (QED) is 0.443. The third-order valence-electron chi connectivity index (χ3n) is 4.40. The minimum absolute atomic E-state index is 0. The Morgan fingerprint density at radius 1 is 1.08 bits per heavy atom. The van der Waals surface area contributed by atoms with Crippen molar-refractivity contribution in [3.63, 3.8) is 0 Å². The van der Waals surface area contributed by atoms with Gasteiger partial charge in [0.1, 0.15) is 11.2 Å². The Bertz CT molecular complexity index is 997. The summed E-state index contributed by atoms with van der Waals surface area (Å²) in [6.07, 6.45) is 0. The van der Waals surface area contributed by atoms with Crippen molar-refractivity contribution in [3.05, 3.63) is 52.9 Å². The molecule has 5 nitrogen and oxygen atoms in total. The van der Waals surface area contributed by atoms with E-state index in [9.17, 15) is 4.79 Å². The van der Waals surface area contributed by atoms with Crippen molar-refractivity contribution in [2.75, 3.05) is 6.79 Å². The van der Waals surface area contributed by atoms with Gasteiger partial charge in [-0.15, -0.1) is 24.0 Å². The molecule has 6 heteroatoms. The van der Waals surface area contributed by atoms with Crippen molar-refractivity contribution in [2.24, 2.45) is 7.05 Å². The summed E-state index contributed by atoms with van der Waals surface area (Å²) in [5.74, 6) is 1.40. The molecule has 0 N–H and O–H groups in total. The first-order valence-corrected chi connectivity index (χ1v) is 8.01. The molecule has 0 radical (unpaired) electrons. The molecule has 0 saturated carbocycles. The minimum Gasteiger partial charge on any atom is -0.454 e. The summed E-state index contributed by atoms with van der Waals surface area (Å²) in [6.45, 7) is 4.23. The largest absolute Gasteiger partial charge is 0.498 e. The van der Waals surface area contributed by atoms with Gasteiger partial charge in [-0.05, 0) is 19.9 Å². The van der Waals surface area contributed by atoms with E-state index in [0.717, 1.165) is 22.2 Å². The van der Waals surface area contributed by atoms with Crippen LogP contribution in [-0.2, 0) is 7.05 Å². The van der Waals surface area contributed by atoms with E-state index in [1.54, 1.807) is 9.13 Å². The first kappa shape index (κ1) is 17.7. The summed E-state index contributed by atoms with van der Waals surface area (Å²) in [4.78, 5) is 13.0. The van der Waals surface area contributed by atoms with Crippen LogP contribution in [0.15, 0.2) is 47.3 Å². The van der Waals surface area contributed by atoms with Crippen LogP contribution in [0.5, 0.6) is 11.5 Å². The van der Waals surface area contributed by atoms with Crippen molar-refractivity contribution in [1.82, 2.24) is 4.57 Å². The zero-order chi connectivity index (χ0) is 16.8. The van der Waals surface area contributed by atoms with Gasteiger partial charge in [-0.1, -0.05) is 30.3 Å². The number of fused-ring (bicyclic) bond motifs is 2. The molecule has 0 aliphatic carbocycles. The molecule has 3 aromatic rings. The highest BCUT2D eigenvalue weighted by Gasteiger charge is 2.27. The number of halogens is 1. The highest BCUT2D eigenvalue weighted by atomic mass is 127. The van der Waals surface area contributed by atoms with Crippen molar-refractivity contribution in [3.8, 4) is 22.8 Å². The zero-order valence-corrected chi connectivity index (χ0v) is 16.7. The molecule has 0 bridgehead atoms. The third-order valence-corrected chi connectivity index (χ3v) is 4.40.